The van der Waals surface area contributed by atoms with Crippen molar-refractivity contribution in [1.82, 2.24) is 9.55 Å². The minimum Gasteiger partial charge on any atom is -0.389 e. The Balaban J connectivity index is 2.33. The van der Waals surface area contributed by atoms with E-state index in [0.717, 1.165) is 0 Å². The van der Waals surface area contributed by atoms with Crippen LogP contribution in [0.2, 0.25) is 5.02 Å². The Hall–Kier alpha value is -1.92. The number of nitrogens with zero attached hydrogens (tertiary/aromatic N) is 2. The van der Waals surface area contributed by atoms with Crippen LogP contribution < -0.4 is 11.1 Å². The lowest BCUT2D eigenvalue weighted by Gasteiger charge is -2.10. The molecule has 0 bridgehead atoms. The van der Waals surface area contributed by atoms with Gasteiger partial charge in [0.05, 0.1) is 18.2 Å². The summed E-state index contributed by atoms with van der Waals surface area (Å²) >= 11 is 10.8. The highest BCUT2D eigenvalue weighted by molar-refractivity contribution is 7.80. The van der Waals surface area contributed by atoms with Gasteiger partial charge in [-0.2, -0.15) is 0 Å². The van der Waals surface area contributed by atoms with Crippen molar-refractivity contribution in [2.45, 2.75) is 0 Å². The number of benzene rings is 1. The molecular weight excluding hydrogens is 284 g/mol. The van der Waals surface area contributed by atoms with Gasteiger partial charge in [-0.05, 0) is 18.2 Å². The van der Waals surface area contributed by atoms with Crippen LogP contribution in [0.4, 0.5) is 5.69 Å². The van der Waals surface area contributed by atoms with Gasteiger partial charge in [0.1, 0.15) is 10.7 Å². The molecule has 1 heterocycles. The van der Waals surface area contributed by atoms with Gasteiger partial charge >= 0.3 is 0 Å². The number of nitrogens with two attached hydrogens (primary N) is 1. The van der Waals surface area contributed by atoms with E-state index < -0.39 is 0 Å². The fourth-order valence-corrected chi connectivity index (χ4v) is 1.95. The zero-order chi connectivity index (χ0) is 14.0. The number of anilines is 1. The summed E-state index contributed by atoms with van der Waals surface area (Å²) in [6.45, 7) is 0. The fraction of sp³-hybridized carbons (Fsp3) is 0.0833. The van der Waals surface area contributed by atoms with Crippen LogP contribution in [0.3, 0.4) is 0 Å². The Morgan fingerprint density at radius 3 is 2.84 bits per heavy atom. The van der Waals surface area contributed by atoms with Crippen molar-refractivity contribution in [3.8, 4) is 0 Å². The molecule has 2 aromatic rings. The van der Waals surface area contributed by atoms with Crippen molar-refractivity contribution >= 4 is 40.4 Å². The molecule has 0 aliphatic rings. The van der Waals surface area contributed by atoms with Gasteiger partial charge in [-0.1, -0.05) is 23.8 Å². The fourth-order valence-electron chi connectivity index (χ4n) is 1.60. The van der Waals surface area contributed by atoms with Gasteiger partial charge < -0.3 is 15.6 Å². The third kappa shape index (κ3) is 2.91. The third-order valence-electron chi connectivity index (χ3n) is 2.54. The molecule has 2 rings (SSSR count). The number of nitrogens with one attached hydrogen (secondary N) is 1. The SMILES string of the molecule is Cn1cncc1C(=O)Nc1cc(Cl)ccc1C(N)=S. The molecular formula is C12H11ClN4OS. The quantitative estimate of drug-likeness (QED) is 0.849. The molecule has 1 amide bonds. The number of imidazole rings is 1. The molecule has 0 fully saturated rings. The van der Waals surface area contributed by atoms with Crippen molar-refractivity contribution < 1.29 is 4.79 Å². The Kier molecular flexibility index (Phi) is 3.82. The largest absolute Gasteiger partial charge is 0.389 e. The summed E-state index contributed by atoms with van der Waals surface area (Å²) in [5.74, 6) is -0.306. The predicted octanol–water partition coefficient (Wildman–Crippen LogP) is 1.96. The molecule has 0 atom stereocenters. The van der Waals surface area contributed by atoms with Crippen LogP contribution in [0.15, 0.2) is 30.7 Å². The molecule has 7 heteroatoms. The van der Waals surface area contributed by atoms with E-state index in [2.05, 4.69) is 10.3 Å². The molecule has 0 saturated heterocycles. The second-order valence-electron chi connectivity index (χ2n) is 3.90. The average molecular weight is 295 g/mol. The summed E-state index contributed by atoms with van der Waals surface area (Å²) in [6, 6.07) is 4.93. The first-order valence-electron chi connectivity index (χ1n) is 5.36. The monoisotopic (exact) mass is 294 g/mol. The highest BCUT2D eigenvalue weighted by Gasteiger charge is 2.13. The minimum atomic E-state index is -0.306. The zero-order valence-electron chi connectivity index (χ0n) is 10.1. The van der Waals surface area contributed by atoms with E-state index in [9.17, 15) is 4.79 Å². The van der Waals surface area contributed by atoms with Crippen molar-refractivity contribution in [2.24, 2.45) is 12.8 Å². The van der Waals surface area contributed by atoms with Crippen LogP contribution in [0.25, 0.3) is 0 Å². The van der Waals surface area contributed by atoms with Gasteiger partial charge in [0, 0.05) is 17.6 Å². The Morgan fingerprint density at radius 1 is 1.53 bits per heavy atom. The molecule has 19 heavy (non-hydrogen) atoms. The van der Waals surface area contributed by atoms with Crippen molar-refractivity contribution in [3.05, 3.63) is 47.0 Å². The average Bonchev–Trinajstić information content (AvgIpc) is 2.75. The maximum atomic E-state index is 12.1. The van der Waals surface area contributed by atoms with E-state index >= 15 is 0 Å². The lowest BCUT2D eigenvalue weighted by molar-refractivity contribution is 0.101. The van der Waals surface area contributed by atoms with Crippen molar-refractivity contribution in [2.75, 3.05) is 5.32 Å². The van der Waals surface area contributed by atoms with Crippen molar-refractivity contribution in [3.63, 3.8) is 0 Å². The smallest absolute Gasteiger partial charge is 0.273 e. The Labute approximate surface area is 120 Å². The number of rotatable bonds is 3. The number of halogens is 1. The highest BCUT2D eigenvalue weighted by atomic mass is 35.5. The molecule has 0 aliphatic heterocycles. The van der Waals surface area contributed by atoms with Crippen LogP contribution in [0.1, 0.15) is 16.1 Å². The molecule has 0 saturated carbocycles. The van der Waals surface area contributed by atoms with E-state index in [4.69, 9.17) is 29.6 Å². The second kappa shape index (κ2) is 5.38. The Bertz CT molecular complexity index is 653. The number of hydrogen-bond donors (Lipinski definition) is 2. The topological polar surface area (TPSA) is 72.9 Å². The maximum absolute atomic E-state index is 12.1. The Morgan fingerprint density at radius 2 is 2.26 bits per heavy atom. The number of carbonyl (C=O) groups is 1. The molecule has 98 valence electrons. The molecule has 3 N–H and O–H groups in total. The van der Waals surface area contributed by atoms with Crippen LogP contribution in [-0.2, 0) is 7.05 Å². The first-order chi connectivity index (χ1) is 8.99. The van der Waals surface area contributed by atoms with E-state index in [1.807, 2.05) is 0 Å². The summed E-state index contributed by atoms with van der Waals surface area (Å²) in [6.07, 6.45) is 3.02. The van der Waals surface area contributed by atoms with Crippen molar-refractivity contribution in [1.29, 1.82) is 0 Å². The lowest BCUT2D eigenvalue weighted by Crippen LogP contribution is -2.19. The van der Waals surface area contributed by atoms with Gasteiger partial charge in [-0.25, -0.2) is 4.98 Å². The molecule has 0 spiro atoms. The summed E-state index contributed by atoms with van der Waals surface area (Å²) in [4.78, 5) is 16.2. The third-order valence-corrected chi connectivity index (χ3v) is 3.00. The molecule has 1 aromatic heterocycles. The number of hydrogen-bond acceptors (Lipinski definition) is 3. The summed E-state index contributed by atoms with van der Waals surface area (Å²) in [7, 11) is 1.73. The zero-order valence-corrected chi connectivity index (χ0v) is 11.6. The number of thiocarbonyl (C=S) groups is 1. The highest BCUT2D eigenvalue weighted by Crippen LogP contribution is 2.21. The summed E-state index contributed by atoms with van der Waals surface area (Å²) in [5, 5.41) is 3.21. The molecule has 1 aromatic carbocycles. The lowest BCUT2D eigenvalue weighted by atomic mass is 10.1. The van der Waals surface area contributed by atoms with Crippen LogP contribution >= 0.6 is 23.8 Å². The molecule has 5 nitrogen and oxygen atoms in total. The van der Waals surface area contributed by atoms with E-state index in [0.29, 0.717) is 22.0 Å². The minimum absolute atomic E-state index is 0.192. The number of carbonyl (C=O) groups excluding carboxylic acids is 1. The predicted molar refractivity (Wildman–Crippen MR) is 78.5 cm³/mol. The van der Waals surface area contributed by atoms with Gasteiger partial charge in [-0.3, -0.25) is 4.79 Å². The van der Waals surface area contributed by atoms with Gasteiger partial charge in [-0.15, -0.1) is 0 Å². The van der Waals surface area contributed by atoms with Crippen LogP contribution in [0, 0.1) is 0 Å². The van der Waals surface area contributed by atoms with E-state index in [1.54, 1.807) is 36.1 Å². The van der Waals surface area contributed by atoms with Gasteiger partial charge in [0.2, 0.25) is 0 Å². The summed E-state index contributed by atoms with van der Waals surface area (Å²) < 4.78 is 1.61. The summed E-state index contributed by atoms with van der Waals surface area (Å²) in [5.41, 5.74) is 7.08. The van der Waals surface area contributed by atoms with Crippen LogP contribution in [0.5, 0.6) is 0 Å². The normalized spacial score (nSPS) is 10.2. The molecule has 0 aliphatic carbocycles. The number of aromatic nitrogens is 2. The standard InChI is InChI=1S/C12H11ClN4OS/c1-17-6-15-5-10(17)12(18)16-9-4-7(13)2-3-8(9)11(14)19/h2-6H,1H3,(H2,14,19)(H,16,18). The van der Waals surface area contributed by atoms with Crippen LogP contribution in [-0.4, -0.2) is 20.4 Å². The van der Waals surface area contributed by atoms with Gasteiger partial charge in [0.25, 0.3) is 5.91 Å². The first kappa shape index (κ1) is 13.5. The van der Waals surface area contributed by atoms with E-state index in [1.165, 1.54) is 6.20 Å². The first-order valence-corrected chi connectivity index (χ1v) is 6.14. The molecule has 0 radical (unpaired) electrons. The number of aryl methyl sites for hydroxylation is 1. The molecule has 0 unspecified atom stereocenters. The van der Waals surface area contributed by atoms with E-state index in [-0.39, 0.29) is 10.9 Å². The maximum Gasteiger partial charge on any atom is 0.273 e. The van der Waals surface area contributed by atoms with Gasteiger partial charge in [0.15, 0.2) is 0 Å². The number of amides is 1. The second-order valence-corrected chi connectivity index (χ2v) is 4.77.